The zero-order chi connectivity index (χ0) is 34.1. The number of halogens is 1. The lowest BCUT2D eigenvalue weighted by Gasteiger charge is -2.21. The van der Waals surface area contributed by atoms with Crippen LogP contribution in [-0.4, -0.2) is 34.1 Å². The van der Waals surface area contributed by atoms with E-state index in [-0.39, 0.29) is 36.2 Å². The standard InChI is InChI=1S/C41H38NO7.BrH/c1-6-8-25-10-13-35(44-3)30(18-25)26-11-14-34(28(19-26)9-7-2)49-39(43)22-32-29-12-15-36(45-4)41(46-5)33(29)23-42-17-16-27-20-37-38(48-24-47-37)21-31(27)40(32)42;/h6-7,10-15,18-21,23H,1-2,8-9,16-17,22,24H2,3-5H3;1H/q+1;/p-1. The van der Waals surface area contributed by atoms with E-state index in [1.165, 1.54) is 0 Å². The predicted molar refractivity (Wildman–Crippen MR) is 188 cm³/mol. The summed E-state index contributed by atoms with van der Waals surface area (Å²) in [4.78, 5) is 14.0. The Kier molecular flexibility index (Phi) is 10.2. The number of esters is 1. The minimum Gasteiger partial charge on any atom is -1.00 e. The molecule has 0 bridgehead atoms. The Hall–Kier alpha value is -5.28. The second kappa shape index (κ2) is 14.7. The number of rotatable bonds is 11. The van der Waals surface area contributed by atoms with Crippen LogP contribution in [0.2, 0.25) is 0 Å². The monoisotopic (exact) mass is 735 g/mol. The van der Waals surface area contributed by atoms with Crippen LogP contribution in [-0.2, 0) is 37.0 Å². The van der Waals surface area contributed by atoms with Gasteiger partial charge in [0, 0.05) is 22.9 Å². The summed E-state index contributed by atoms with van der Waals surface area (Å²) in [6.45, 7) is 8.73. The fourth-order valence-electron chi connectivity index (χ4n) is 6.93. The first-order valence-corrected chi connectivity index (χ1v) is 16.2. The lowest BCUT2D eigenvalue weighted by atomic mass is 9.90. The van der Waals surface area contributed by atoms with E-state index in [1.54, 1.807) is 27.4 Å². The molecule has 0 amide bonds. The molecule has 2 aliphatic rings. The van der Waals surface area contributed by atoms with E-state index in [2.05, 4.69) is 30.0 Å². The lowest BCUT2D eigenvalue weighted by molar-refractivity contribution is -0.686. The van der Waals surface area contributed by atoms with Crippen LogP contribution in [0.4, 0.5) is 0 Å². The van der Waals surface area contributed by atoms with Crippen molar-refractivity contribution >= 4 is 16.7 Å². The lowest BCUT2D eigenvalue weighted by Crippen LogP contribution is -3.00. The molecule has 0 aliphatic carbocycles. The Labute approximate surface area is 302 Å². The SMILES string of the molecule is C=CCc1ccc(OC)c(-c2ccc(OC(=O)Cc3c4[n+](cc5c(OC)c(OC)ccc35)CCc3cc5c(cc3-4)OCO5)c(CC=C)c2)c1.[Br-]. The molecular formula is C41H38BrNO7. The summed E-state index contributed by atoms with van der Waals surface area (Å²) in [5.41, 5.74) is 7.77. The van der Waals surface area contributed by atoms with Crippen LogP contribution in [0, 0.1) is 0 Å². The zero-order valence-corrected chi connectivity index (χ0v) is 29.9. The summed E-state index contributed by atoms with van der Waals surface area (Å²) >= 11 is 0. The molecule has 0 saturated heterocycles. The number of aryl methyl sites for hydroxylation is 2. The molecular weight excluding hydrogens is 698 g/mol. The molecule has 3 heterocycles. The molecule has 9 heteroatoms. The summed E-state index contributed by atoms with van der Waals surface area (Å²) in [5.74, 6) is 3.51. The van der Waals surface area contributed by atoms with Gasteiger partial charge in [-0.15, -0.1) is 13.2 Å². The smallest absolute Gasteiger partial charge is 0.315 e. The zero-order valence-electron chi connectivity index (χ0n) is 28.3. The number of methoxy groups -OCH3 is 3. The van der Waals surface area contributed by atoms with Gasteiger partial charge in [-0.25, -0.2) is 0 Å². The third-order valence-corrected chi connectivity index (χ3v) is 9.17. The van der Waals surface area contributed by atoms with Gasteiger partial charge in [-0.3, -0.25) is 4.79 Å². The average molecular weight is 737 g/mol. The van der Waals surface area contributed by atoms with Crippen molar-refractivity contribution in [2.75, 3.05) is 28.1 Å². The summed E-state index contributed by atoms with van der Waals surface area (Å²) in [5, 5.41) is 1.72. The largest absolute Gasteiger partial charge is 1.00 e. The van der Waals surface area contributed by atoms with E-state index in [9.17, 15) is 4.79 Å². The van der Waals surface area contributed by atoms with Gasteiger partial charge < -0.3 is 45.4 Å². The first-order valence-electron chi connectivity index (χ1n) is 16.2. The molecule has 8 nitrogen and oxygen atoms in total. The minimum absolute atomic E-state index is 0. The van der Waals surface area contributed by atoms with Gasteiger partial charge >= 0.3 is 5.97 Å². The van der Waals surface area contributed by atoms with E-state index in [0.29, 0.717) is 36.0 Å². The number of carbonyl (C=O) groups excluding carboxylic acids is 1. The maximum Gasteiger partial charge on any atom is 0.315 e. The van der Waals surface area contributed by atoms with Crippen molar-refractivity contribution in [2.45, 2.75) is 32.2 Å². The molecule has 256 valence electrons. The van der Waals surface area contributed by atoms with Crippen molar-refractivity contribution in [3.8, 4) is 56.9 Å². The minimum atomic E-state index is -0.387. The number of fused-ring (bicyclic) bond motifs is 5. The van der Waals surface area contributed by atoms with Crippen LogP contribution in [0.3, 0.4) is 0 Å². The number of carbonyl (C=O) groups is 1. The highest BCUT2D eigenvalue weighted by molar-refractivity contribution is 5.97. The van der Waals surface area contributed by atoms with Gasteiger partial charge in [0.05, 0.1) is 38.7 Å². The maximum absolute atomic E-state index is 14.0. The van der Waals surface area contributed by atoms with Crippen molar-refractivity contribution in [1.29, 1.82) is 0 Å². The number of aromatic nitrogens is 1. The molecule has 50 heavy (non-hydrogen) atoms. The van der Waals surface area contributed by atoms with Gasteiger partial charge in [0.15, 0.2) is 35.7 Å². The molecule has 0 fully saturated rings. The molecule has 0 unspecified atom stereocenters. The first kappa shape index (κ1) is 34.6. The molecule has 7 rings (SSSR count). The molecule has 0 spiro atoms. The molecule has 0 N–H and O–H groups in total. The Bertz CT molecular complexity index is 2140. The molecule has 0 atom stereocenters. The summed E-state index contributed by atoms with van der Waals surface area (Å²) in [6.07, 6.45) is 7.83. The number of ether oxygens (including phenoxy) is 6. The van der Waals surface area contributed by atoms with E-state index in [0.717, 1.165) is 79.8 Å². The van der Waals surface area contributed by atoms with Crippen molar-refractivity contribution < 1.29 is 54.8 Å². The van der Waals surface area contributed by atoms with Crippen LogP contribution in [0.5, 0.6) is 34.5 Å². The van der Waals surface area contributed by atoms with E-state index < -0.39 is 0 Å². The van der Waals surface area contributed by atoms with Crippen LogP contribution < -0.4 is 50.0 Å². The Morgan fingerprint density at radius 3 is 2.30 bits per heavy atom. The number of hydrogen-bond acceptors (Lipinski definition) is 7. The van der Waals surface area contributed by atoms with Gasteiger partial charge in [0.1, 0.15) is 11.5 Å². The average Bonchev–Trinajstić information content (AvgIpc) is 3.58. The molecule has 0 saturated carbocycles. The summed E-state index contributed by atoms with van der Waals surface area (Å²) in [6, 6.07) is 19.9. The van der Waals surface area contributed by atoms with Gasteiger partial charge in [-0.2, -0.15) is 4.57 Å². The molecule has 4 aromatic carbocycles. The van der Waals surface area contributed by atoms with Crippen LogP contribution in [0.25, 0.3) is 33.2 Å². The van der Waals surface area contributed by atoms with Crippen molar-refractivity contribution in [1.82, 2.24) is 0 Å². The normalized spacial score (nSPS) is 12.3. The second-order valence-corrected chi connectivity index (χ2v) is 12.0. The van der Waals surface area contributed by atoms with Crippen molar-refractivity contribution in [2.24, 2.45) is 0 Å². The predicted octanol–water partition coefficient (Wildman–Crippen LogP) is 4.38. The fourth-order valence-corrected chi connectivity index (χ4v) is 6.93. The van der Waals surface area contributed by atoms with Crippen molar-refractivity contribution in [3.63, 3.8) is 0 Å². The van der Waals surface area contributed by atoms with Crippen LogP contribution >= 0.6 is 0 Å². The van der Waals surface area contributed by atoms with Crippen LogP contribution in [0.1, 0.15) is 22.3 Å². The highest BCUT2D eigenvalue weighted by Gasteiger charge is 2.33. The highest BCUT2D eigenvalue weighted by atomic mass is 79.9. The van der Waals surface area contributed by atoms with E-state index >= 15 is 0 Å². The number of pyridine rings is 1. The number of hydrogen-bond donors (Lipinski definition) is 0. The van der Waals surface area contributed by atoms with Gasteiger partial charge in [0.2, 0.25) is 12.5 Å². The third kappa shape index (κ3) is 6.29. The molecule has 2 aliphatic heterocycles. The Balaban J connectivity index is 0.00000432. The third-order valence-electron chi connectivity index (χ3n) is 9.17. The maximum atomic E-state index is 14.0. The molecule has 1 aromatic heterocycles. The van der Waals surface area contributed by atoms with Gasteiger partial charge in [-0.1, -0.05) is 24.3 Å². The quantitative estimate of drug-likeness (QED) is 0.0863. The molecule has 0 radical (unpaired) electrons. The van der Waals surface area contributed by atoms with E-state index in [4.69, 9.17) is 28.4 Å². The number of allylic oxidation sites excluding steroid dienone is 2. The second-order valence-electron chi connectivity index (χ2n) is 12.0. The van der Waals surface area contributed by atoms with Gasteiger partial charge in [-0.05, 0) is 83.6 Å². The van der Waals surface area contributed by atoms with Gasteiger partial charge in [0.25, 0.3) is 0 Å². The Morgan fingerprint density at radius 2 is 1.56 bits per heavy atom. The highest BCUT2D eigenvalue weighted by Crippen LogP contribution is 2.44. The Morgan fingerprint density at radius 1 is 0.820 bits per heavy atom. The first-order chi connectivity index (χ1) is 24.0. The van der Waals surface area contributed by atoms with Crippen LogP contribution in [0.15, 0.2) is 92.2 Å². The summed E-state index contributed by atoms with van der Waals surface area (Å²) in [7, 11) is 4.91. The van der Waals surface area contributed by atoms with Crippen molar-refractivity contribution in [3.05, 3.63) is 114 Å². The van der Waals surface area contributed by atoms with E-state index in [1.807, 2.05) is 60.7 Å². The fraction of sp³-hybridized carbons (Fsp3) is 0.220. The topological polar surface area (TPSA) is 76.3 Å². The number of benzene rings is 4. The summed E-state index contributed by atoms with van der Waals surface area (Å²) < 4.78 is 37.0. The number of nitrogens with zero attached hydrogens (tertiary/aromatic N) is 1. The molecule has 5 aromatic rings.